The van der Waals surface area contributed by atoms with Gasteiger partial charge in [-0.15, -0.1) is 0 Å². The second-order valence-electron chi connectivity index (χ2n) is 4.71. The van der Waals surface area contributed by atoms with E-state index in [1.807, 2.05) is 20.2 Å². The molecular formula is C15H21N3S. The molecule has 0 spiro atoms. The van der Waals surface area contributed by atoms with Crippen LogP contribution in [0, 0.1) is 0 Å². The number of aromatic nitrogens is 1. The van der Waals surface area contributed by atoms with Crippen LogP contribution >= 0.6 is 11.3 Å². The molecule has 0 saturated heterocycles. The molecule has 0 saturated carbocycles. The molecule has 0 bridgehead atoms. The minimum Gasteiger partial charge on any atom is -0.354 e. The Hall–Kier alpha value is -1.39. The monoisotopic (exact) mass is 275 g/mol. The van der Waals surface area contributed by atoms with Crippen LogP contribution in [0.3, 0.4) is 0 Å². The van der Waals surface area contributed by atoms with E-state index in [1.54, 1.807) is 11.3 Å². The van der Waals surface area contributed by atoms with E-state index >= 15 is 0 Å². The lowest BCUT2D eigenvalue weighted by Gasteiger charge is -2.05. The fourth-order valence-electron chi connectivity index (χ4n) is 1.85. The third kappa shape index (κ3) is 3.55. The molecule has 0 amide bonds. The van der Waals surface area contributed by atoms with E-state index in [2.05, 4.69) is 41.4 Å². The van der Waals surface area contributed by atoms with E-state index in [9.17, 15) is 0 Å². The molecular weight excluding hydrogens is 254 g/mol. The van der Waals surface area contributed by atoms with Gasteiger partial charge in [0.05, 0.1) is 10.6 Å². The van der Waals surface area contributed by atoms with E-state index in [4.69, 9.17) is 4.98 Å². The van der Waals surface area contributed by atoms with Gasteiger partial charge >= 0.3 is 0 Å². The van der Waals surface area contributed by atoms with Gasteiger partial charge in [0.15, 0.2) is 5.13 Å². The van der Waals surface area contributed by atoms with Crippen LogP contribution in [0.2, 0.25) is 0 Å². The Bertz CT molecular complexity index is 505. The average molecular weight is 275 g/mol. The Morgan fingerprint density at radius 3 is 2.58 bits per heavy atom. The Morgan fingerprint density at radius 2 is 1.95 bits per heavy atom. The average Bonchev–Trinajstić information content (AvgIpc) is 2.84. The maximum absolute atomic E-state index is 4.74. The molecule has 0 radical (unpaired) electrons. The molecule has 0 fully saturated rings. The fourth-order valence-corrected chi connectivity index (χ4v) is 2.86. The molecule has 2 aromatic rings. The molecule has 4 heteroatoms. The predicted octanol–water partition coefficient (Wildman–Crippen LogP) is 3.38. The van der Waals surface area contributed by atoms with E-state index in [0.29, 0.717) is 0 Å². The number of hydrogen-bond acceptors (Lipinski definition) is 4. The molecule has 19 heavy (non-hydrogen) atoms. The molecule has 1 N–H and O–H groups in total. The number of benzene rings is 1. The van der Waals surface area contributed by atoms with E-state index in [-0.39, 0.29) is 0 Å². The number of nitrogens with zero attached hydrogens (tertiary/aromatic N) is 2. The molecule has 3 nitrogen and oxygen atoms in total. The van der Waals surface area contributed by atoms with Crippen LogP contribution in [-0.4, -0.2) is 25.6 Å². The molecule has 0 atom stereocenters. The number of rotatable bonds is 6. The summed E-state index contributed by atoms with van der Waals surface area (Å²) in [6.45, 7) is 4.04. The summed E-state index contributed by atoms with van der Waals surface area (Å²) in [6.07, 6.45) is 1.14. The van der Waals surface area contributed by atoms with Crippen LogP contribution in [0.25, 0.3) is 10.4 Å². The highest BCUT2D eigenvalue weighted by molar-refractivity contribution is 7.19. The SMILES string of the molecule is CCCNCc1nc(N(C)C)sc1-c1ccccc1. The molecule has 102 valence electrons. The predicted molar refractivity (Wildman–Crippen MR) is 83.9 cm³/mol. The first-order valence-electron chi connectivity index (χ1n) is 6.65. The molecule has 1 aromatic heterocycles. The van der Waals surface area contributed by atoms with Crippen LogP contribution in [0.4, 0.5) is 5.13 Å². The highest BCUT2D eigenvalue weighted by Gasteiger charge is 2.13. The Morgan fingerprint density at radius 1 is 1.21 bits per heavy atom. The highest BCUT2D eigenvalue weighted by Crippen LogP contribution is 2.34. The normalized spacial score (nSPS) is 10.7. The third-order valence-corrected chi connectivity index (χ3v) is 4.14. The van der Waals surface area contributed by atoms with Crippen molar-refractivity contribution in [3.8, 4) is 10.4 Å². The van der Waals surface area contributed by atoms with Gasteiger partial charge in [-0.1, -0.05) is 48.6 Å². The molecule has 2 rings (SSSR count). The van der Waals surface area contributed by atoms with Gasteiger partial charge in [0.25, 0.3) is 0 Å². The highest BCUT2D eigenvalue weighted by atomic mass is 32.1. The lowest BCUT2D eigenvalue weighted by Crippen LogP contribution is -2.15. The van der Waals surface area contributed by atoms with Crippen LogP contribution < -0.4 is 10.2 Å². The van der Waals surface area contributed by atoms with Crippen LogP contribution in [-0.2, 0) is 6.54 Å². The maximum Gasteiger partial charge on any atom is 0.185 e. The smallest absolute Gasteiger partial charge is 0.185 e. The summed E-state index contributed by atoms with van der Waals surface area (Å²) in [5.41, 5.74) is 2.40. The zero-order chi connectivity index (χ0) is 13.7. The molecule has 0 unspecified atom stereocenters. The van der Waals surface area contributed by atoms with Crippen LogP contribution in [0.1, 0.15) is 19.0 Å². The maximum atomic E-state index is 4.74. The number of thiazole rings is 1. The van der Waals surface area contributed by atoms with Crippen molar-refractivity contribution in [1.82, 2.24) is 10.3 Å². The molecule has 0 aliphatic heterocycles. The van der Waals surface area contributed by atoms with Gasteiger partial charge in [-0.25, -0.2) is 4.98 Å². The first-order chi connectivity index (χ1) is 9.22. The van der Waals surface area contributed by atoms with Gasteiger partial charge in [0, 0.05) is 20.6 Å². The summed E-state index contributed by atoms with van der Waals surface area (Å²) < 4.78 is 0. The molecule has 0 aliphatic rings. The van der Waals surface area contributed by atoms with Crippen molar-refractivity contribution in [3.63, 3.8) is 0 Å². The van der Waals surface area contributed by atoms with Crippen molar-refractivity contribution in [3.05, 3.63) is 36.0 Å². The van der Waals surface area contributed by atoms with Gasteiger partial charge < -0.3 is 10.2 Å². The summed E-state index contributed by atoms with van der Waals surface area (Å²) in [6, 6.07) is 10.5. The van der Waals surface area contributed by atoms with Crippen molar-refractivity contribution in [2.24, 2.45) is 0 Å². The van der Waals surface area contributed by atoms with Crippen molar-refractivity contribution in [1.29, 1.82) is 0 Å². The second kappa shape index (κ2) is 6.68. The second-order valence-corrected chi connectivity index (χ2v) is 5.69. The first kappa shape index (κ1) is 14.0. The van der Waals surface area contributed by atoms with Gasteiger partial charge in [0.1, 0.15) is 0 Å². The number of hydrogen-bond donors (Lipinski definition) is 1. The summed E-state index contributed by atoms with van der Waals surface area (Å²) >= 11 is 1.75. The van der Waals surface area contributed by atoms with Crippen molar-refractivity contribution < 1.29 is 0 Å². The van der Waals surface area contributed by atoms with E-state index in [0.717, 1.165) is 30.3 Å². The Balaban J connectivity index is 2.29. The van der Waals surface area contributed by atoms with Gasteiger partial charge in [-0.2, -0.15) is 0 Å². The number of anilines is 1. The van der Waals surface area contributed by atoms with Crippen LogP contribution in [0.15, 0.2) is 30.3 Å². The quantitative estimate of drug-likeness (QED) is 0.819. The van der Waals surface area contributed by atoms with E-state index in [1.165, 1.54) is 10.4 Å². The van der Waals surface area contributed by atoms with Crippen molar-refractivity contribution in [2.45, 2.75) is 19.9 Å². The molecule has 0 aliphatic carbocycles. The lowest BCUT2D eigenvalue weighted by atomic mass is 10.1. The largest absolute Gasteiger partial charge is 0.354 e. The summed E-state index contributed by atoms with van der Waals surface area (Å²) in [5, 5.41) is 4.50. The minimum absolute atomic E-state index is 0.836. The fraction of sp³-hybridized carbons (Fsp3) is 0.400. The van der Waals surface area contributed by atoms with Crippen LogP contribution in [0.5, 0.6) is 0 Å². The summed E-state index contributed by atoms with van der Waals surface area (Å²) in [5.74, 6) is 0. The van der Waals surface area contributed by atoms with Gasteiger partial charge in [-0.3, -0.25) is 0 Å². The van der Waals surface area contributed by atoms with E-state index < -0.39 is 0 Å². The zero-order valence-electron chi connectivity index (χ0n) is 11.8. The minimum atomic E-state index is 0.836. The first-order valence-corrected chi connectivity index (χ1v) is 7.47. The van der Waals surface area contributed by atoms with Crippen molar-refractivity contribution in [2.75, 3.05) is 25.5 Å². The number of nitrogens with one attached hydrogen (secondary N) is 1. The lowest BCUT2D eigenvalue weighted by molar-refractivity contribution is 0.667. The summed E-state index contributed by atoms with van der Waals surface area (Å²) in [4.78, 5) is 8.08. The van der Waals surface area contributed by atoms with Gasteiger partial charge in [0.2, 0.25) is 0 Å². The third-order valence-electron chi connectivity index (χ3n) is 2.82. The van der Waals surface area contributed by atoms with Crippen molar-refractivity contribution >= 4 is 16.5 Å². The zero-order valence-corrected chi connectivity index (χ0v) is 12.6. The topological polar surface area (TPSA) is 28.2 Å². The van der Waals surface area contributed by atoms with Gasteiger partial charge in [-0.05, 0) is 18.5 Å². The molecule has 1 aromatic carbocycles. The standard InChI is InChI=1S/C15H21N3S/c1-4-10-16-11-13-14(12-8-6-5-7-9-12)19-15(17-13)18(2)3/h5-9,16H,4,10-11H2,1-3H3. The Labute approximate surface area is 119 Å². The summed E-state index contributed by atoms with van der Waals surface area (Å²) in [7, 11) is 4.08. The molecule has 1 heterocycles. The Kier molecular flexibility index (Phi) is 4.93.